The van der Waals surface area contributed by atoms with Gasteiger partial charge in [0.2, 0.25) is 5.82 Å². The van der Waals surface area contributed by atoms with Gasteiger partial charge in [0.05, 0.1) is 11.8 Å². The first-order chi connectivity index (χ1) is 18.4. The highest BCUT2D eigenvalue weighted by Crippen LogP contribution is 2.37. The first kappa shape index (κ1) is 24.5. The van der Waals surface area contributed by atoms with Crippen LogP contribution >= 0.6 is 0 Å². The first-order valence-electron chi connectivity index (χ1n) is 11.0. The molecule has 0 unspecified atom stereocenters. The van der Waals surface area contributed by atoms with Crippen molar-refractivity contribution in [1.29, 1.82) is 0 Å². The second-order valence-corrected chi connectivity index (χ2v) is 7.68. The summed E-state index contributed by atoms with van der Waals surface area (Å²) in [6.45, 7) is -0.149. The van der Waals surface area contributed by atoms with E-state index in [0.29, 0.717) is 17.2 Å². The van der Waals surface area contributed by atoms with Gasteiger partial charge in [0.15, 0.2) is 12.3 Å². The Bertz CT molecular complexity index is 1550. The highest BCUT2D eigenvalue weighted by molar-refractivity contribution is 6.10. The van der Waals surface area contributed by atoms with Gasteiger partial charge in [-0.2, -0.15) is 13.2 Å². The molecular weight excluding hydrogens is 505 g/mol. The summed E-state index contributed by atoms with van der Waals surface area (Å²) in [5.41, 5.74) is 0.543. The number of rotatable bonds is 8. The minimum Gasteiger partial charge on any atom is -0.455 e. The summed E-state index contributed by atoms with van der Waals surface area (Å²) >= 11 is 0. The van der Waals surface area contributed by atoms with E-state index in [-0.39, 0.29) is 29.9 Å². The molecule has 2 aromatic carbocycles. The van der Waals surface area contributed by atoms with Gasteiger partial charge in [-0.1, -0.05) is 47.6 Å². The van der Waals surface area contributed by atoms with Gasteiger partial charge >= 0.3 is 6.18 Å². The van der Waals surface area contributed by atoms with Gasteiger partial charge in [-0.05, 0) is 34.7 Å². The maximum absolute atomic E-state index is 13.2. The Morgan fingerprint density at radius 1 is 0.974 bits per heavy atom. The molecule has 0 N–H and O–H groups in total. The zero-order chi connectivity index (χ0) is 26.5. The number of oxime groups is 1. The topological polar surface area (TPSA) is 126 Å². The summed E-state index contributed by atoms with van der Waals surface area (Å²) in [7, 11) is 1.68. The van der Waals surface area contributed by atoms with Gasteiger partial charge in [0.25, 0.3) is 11.8 Å². The van der Waals surface area contributed by atoms with E-state index in [9.17, 15) is 13.2 Å². The number of tetrazole rings is 1. The largest absolute Gasteiger partial charge is 0.455 e. The molecule has 0 saturated carbocycles. The number of alkyl halides is 3. The fourth-order valence-corrected chi connectivity index (χ4v) is 3.30. The highest BCUT2D eigenvalue weighted by Gasteiger charge is 2.34. The van der Waals surface area contributed by atoms with E-state index in [1.54, 1.807) is 7.05 Å². The molecule has 0 aliphatic heterocycles. The zero-order valence-electron chi connectivity index (χ0n) is 19.6. The molecule has 0 aliphatic carbocycles. The maximum atomic E-state index is 13.2. The number of hydrogen-bond acceptors (Lipinski definition) is 10. The standard InChI is InChI=1S/C24H17F3N8O3/c1-35-22(30-33-34-35)21(15-7-3-2-4-8-15)32-36-14-20-29-31-23(38-20)18-12-11-16(13-28-18)37-19-10-6-5-9-17(19)24(25,26)27/h2-13H,14H2,1H3/b32-21-. The van der Waals surface area contributed by atoms with Crippen molar-refractivity contribution >= 4 is 5.71 Å². The molecule has 3 heterocycles. The molecule has 192 valence electrons. The minimum absolute atomic E-state index is 0.0793. The number of aryl methyl sites for hydroxylation is 1. The van der Waals surface area contributed by atoms with Crippen molar-refractivity contribution in [3.05, 3.63) is 95.8 Å². The van der Waals surface area contributed by atoms with Crippen LogP contribution in [0.4, 0.5) is 13.2 Å². The molecule has 3 aromatic heterocycles. The SMILES string of the molecule is Cn1nnnc1/C(=N\OCc1nnc(-c2ccc(Oc3ccccc3C(F)(F)F)cn2)o1)c1ccccc1. The summed E-state index contributed by atoms with van der Waals surface area (Å²) in [5, 5.41) is 23.5. The molecule has 0 amide bonds. The molecule has 0 radical (unpaired) electrons. The Labute approximate surface area is 212 Å². The third-order valence-corrected chi connectivity index (χ3v) is 5.07. The average Bonchev–Trinajstić information content (AvgIpc) is 3.56. The number of benzene rings is 2. The molecular formula is C24H17F3N8O3. The molecule has 0 atom stereocenters. The molecule has 0 bridgehead atoms. The number of aromatic nitrogens is 7. The van der Waals surface area contributed by atoms with Crippen LogP contribution in [0.2, 0.25) is 0 Å². The van der Waals surface area contributed by atoms with Crippen molar-refractivity contribution in [2.24, 2.45) is 12.2 Å². The van der Waals surface area contributed by atoms with Crippen molar-refractivity contribution < 1.29 is 27.2 Å². The number of pyridine rings is 1. The van der Waals surface area contributed by atoms with Crippen LogP contribution in [-0.4, -0.2) is 41.1 Å². The van der Waals surface area contributed by atoms with Crippen LogP contribution in [-0.2, 0) is 24.7 Å². The van der Waals surface area contributed by atoms with Crippen molar-refractivity contribution in [3.63, 3.8) is 0 Å². The van der Waals surface area contributed by atoms with Gasteiger partial charge in [-0.15, -0.1) is 15.3 Å². The molecule has 0 aliphatic rings. The predicted molar refractivity (Wildman–Crippen MR) is 125 cm³/mol. The Morgan fingerprint density at radius 2 is 1.76 bits per heavy atom. The van der Waals surface area contributed by atoms with Gasteiger partial charge in [-0.3, -0.25) is 0 Å². The summed E-state index contributed by atoms with van der Waals surface area (Å²) < 4.78 is 52.0. The highest BCUT2D eigenvalue weighted by atomic mass is 19.4. The number of halogens is 3. The van der Waals surface area contributed by atoms with Gasteiger partial charge in [0.1, 0.15) is 17.2 Å². The molecule has 0 spiro atoms. The smallest absolute Gasteiger partial charge is 0.419 e. The number of hydrogen-bond donors (Lipinski definition) is 0. The molecule has 5 rings (SSSR count). The first-order valence-corrected chi connectivity index (χ1v) is 11.0. The number of ether oxygens (including phenoxy) is 1. The fraction of sp³-hybridized carbons (Fsp3) is 0.125. The lowest BCUT2D eigenvalue weighted by atomic mass is 10.1. The number of nitrogens with zero attached hydrogens (tertiary/aromatic N) is 8. The van der Waals surface area contributed by atoms with E-state index in [2.05, 4.69) is 35.9 Å². The predicted octanol–water partition coefficient (Wildman–Crippen LogP) is 4.44. The molecule has 11 nitrogen and oxygen atoms in total. The van der Waals surface area contributed by atoms with Crippen LogP contribution in [0.25, 0.3) is 11.6 Å². The van der Waals surface area contributed by atoms with Crippen molar-refractivity contribution in [3.8, 4) is 23.1 Å². The normalized spacial score (nSPS) is 11.9. The quantitative estimate of drug-likeness (QED) is 0.215. The molecule has 14 heteroatoms. The monoisotopic (exact) mass is 522 g/mol. The van der Waals surface area contributed by atoms with E-state index < -0.39 is 11.7 Å². The van der Waals surface area contributed by atoms with Crippen LogP contribution < -0.4 is 4.74 Å². The lowest BCUT2D eigenvalue weighted by Gasteiger charge is -2.13. The van der Waals surface area contributed by atoms with Crippen LogP contribution in [0.1, 0.15) is 22.8 Å². The third kappa shape index (κ3) is 5.48. The van der Waals surface area contributed by atoms with Gasteiger partial charge in [0, 0.05) is 12.6 Å². The second kappa shape index (κ2) is 10.5. The fourth-order valence-electron chi connectivity index (χ4n) is 3.30. The summed E-state index contributed by atoms with van der Waals surface area (Å²) in [6, 6.07) is 17.1. The van der Waals surface area contributed by atoms with E-state index in [0.717, 1.165) is 11.6 Å². The molecule has 0 saturated heterocycles. The Balaban J connectivity index is 1.27. The van der Waals surface area contributed by atoms with Crippen LogP contribution in [0.3, 0.4) is 0 Å². The average molecular weight is 522 g/mol. The van der Waals surface area contributed by atoms with Crippen LogP contribution in [0, 0.1) is 0 Å². The van der Waals surface area contributed by atoms with E-state index in [1.165, 1.54) is 41.2 Å². The van der Waals surface area contributed by atoms with Gasteiger partial charge in [-0.25, -0.2) is 9.67 Å². The Morgan fingerprint density at radius 3 is 2.47 bits per heavy atom. The van der Waals surface area contributed by atoms with Crippen LogP contribution in [0.5, 0.6) is 11.5 Å². The zero-order valence-corrected chi connectivity index (χ0v) is 19.6. The summed E-state index contributed by atoms with van der Waals surface area (Å²) in [5.74, 6) is 0.366. The van der Waals surface area contributed by atoms with E-state index in [1.807, 2.05) is 30.3 Å². The van der Waals surface area contributed by atoms with Crippen molar-refractivity contribution in [2.75, 3.05) is 0 Å². The van der Waals surface area contributed by atoms with E-state index in [4.69, 9.17) is 14.0 Å². The number of para-hydroxylation sites is 1. The van der Waals surface area contributed by atoms with Gasteiger partial charge < -0.3 is 14.0 Å². The lowest BCUT2D eigenvalue weighted by Crippen LogP contribution is -2.12. The molecule has 5 aromatic rings. The third-order valence-electron chi connectivity index (χ3n) is 5.07. The summed E-state index contributed by atoms with van der Waals surface area (Å²) in [4.78, 5) is 9.59. The van der Waals surface area contributed by atoms with Crippen molar-refractivity contribution in [1.82, 2.24) is 35.4 Å². The maximum Gasteiger partial charge on any atom is 0.419 e. The summed E-state index contributed by atoms with van der Waals surface area (Å²) in [6.07, 6.45) is -3.29. The Kier molecular flexibility index (Phi) is 6.76. The Hall–Kier alpha value is -5.14. The molecule has 38 heavy (non-hydrogen) atoms. The van der Waals surface area contributed by atoms with E-state index >= 15 is 0 Å². The van der Waals surface area contributed by atoms with Crippen LogP contribution in [0.15, 0.2) is 82.5 Å². The molecule has 0 fully saturated rings. The second-order valence-electron chi connectivity index (χ2n) is 7.68. The lowest BCUT2D eigenvalue weighted by molar-refractivity contribution is -0.138. The minimum atomic E-state index is -4.55. The van der Waals surface area contributed by atoms with Crippen molar-refractivity contribution in [2.45, 2.75) is 12.8 Å².